The molecule has 5 nitrogen and oxygen atoms in total. The molecule has 2 heterocycles. The monoisotopic (exact) mass is 360 g/mol. The maximum atomic E-state index is 13.8. The predicted octanol–water partition coefficient (Wildman–Crippen LogP) is 4.34. The minimum atomic E-state index is -4.74. The number of halogens is 5. The molecule has 3 aromatic rings. The number of rotatable bonds is 2. The molecule has 0 bridgehead atoms. The van der Waals surface area contributed by atoms with Crippen LogP contribution in [0.2, 0.25) is 5.02 Å². The highest BCUT2D eigenvalue weighted by atomic mass is 35.5. The largest absolute Gasteiger partial charge is 0.453 e. The number of benzene rings is 1. The van der Waals surface area contributed by atoms with Gasteiger partial charge in [-0.25, -0.2) is 4.39 Å². The number of ether oxygens (including phenoxy) is 1. The van der Waals surface area contributed by atoms with E-state index < -0.39 is 17.8 Å². The smallest absolute Gasteiger partial charge is 0.434 e. The summed E-state index contributed by atoms with van der Waals surface area (Å²) in [6.07, 6.45) is -4.74. The summed E-state index contributed by atoms with van der Waals surface area (Å²) >= 11 is 5.65. The standard InChI is InChI=1S/C14H9ClF4N4O/c1-6-7(2)12(24-10-4-3-8(15)5-9(10)16)22-23-11(6)20-21-13(23)14(17,18)19/h3-5H,1-2H3. The Morgan fingerprint density at radius 1 is 1.12 bits per heavy atom. The van der Waals surface area contributed by atoms with Crippen LogP contribution in [-0.4, -0.2) is 19.8 Å². The van der Waals surface area contributed by atoms with Crippen LogP contribution >= 0.6 is 11.6 Å². The number of aryl methyl sites for hydroxylation is 1. The van der Waals surface area contributed by atoms with Crippen LogP contribution in [0.4, 0.5) is 17.6 Å². The molecule has 0 atom stereocenters. The van der Waals surface area contributed by atoms with Gasteiger partial charge in [-0.05, 0) is 32.0 Å². The van der Waals surface area contributed by atoms with Gasteiger partial charge in [0.15, 0.2) is 17.2 Å². The van der Waals surface area contributed by atoms with Gasteiger partial charge in [-0.1, -0.05) is 11.6 Å². The number of hydrogen-bond acceptors (Lipinski definition) is 4. The average molecular weight is 361 g/mol. The lowest BCUT2D eigenvalue weighted by atomic mass is 10.2. The van der Waals surface area contributed by atoms with Crippen molar-refractivity contribution in [1.29, 1.82) is 0 Å². The molecule has 0 unspecified atom stereocenters. The van der Waals surface area contributed by atoms with Crippen molar-refractivity contribution in [3.63, 3.8) is 0 Å². The van der Waals surface area contributed by atoms with E-state index in [9.17, 15) is 17.6 Å². The van der Waals surface area contributed by atoms with E-state index in [2.05, 4.69) is 15.3 Å². The molecule has 1 aromatic carbocycles. The molecule has 24 heavy (non-hydrogen) atoms. The molecule has 0 spiro atoms. The van der Waals surface area contributed by atoms with Crippen LogP contribution < -0.4 is 4.74 Å². The molecule has 0 aliphatic rings. The molecule has 0 saturated carbocycles. The van der Waals surface area contributed by atoms with Crippen LogP contribution in [0.25, 0.3) is 5.65 Å². The van der Waals surface area contributed by atoms with Crippen molar-refractivity contribution in [1.82, 2.24) is 19.8 Å². The topological polar surface area (TPSA) is 52.3 Å². The maximum absolute atomic E-state index is 13.8. The molecule has 0 aliphatic heterocycles. The Morgan fingerprint density at radius 3 is 2.46 bits per heavy atom. The van der Waals surface area contributed by atoms with Gasteiger partial charge in [-0.3, -0.25) is 0 Å². The van der Waals surface area contributed by atoms with Gasteiger partial charge < -0.3 is 4.74 Å². The minimum absolute atomic E-state index is 0.0521. The second kappa shape index (κ2) is 5.59. The SMILES string of the molecule is Cc1c(Oc2ccc(Cl)cc2F)nn2c(C(F)(F)F)nnc2c1C. The first-order valence-corrected chi connectivity index (χ1v) is 6.99. The summed E-state index contributed by atoms with van der Waals surface area (Å²) in [4.78, 5) is 0. The summed E-state index contributed by atoms with van der Waals surface area (Å²) < 4.78 is 58.6. The molecule has 0 N–H and O–H groups in total. The van der Waals surface area contributed by atoms with Gasteiger partial charge in [0.25, 0.3) is 5.82 Å². The van der Waals surface area contributed by atoms with Gasteiger partial charge in [-0.2, -0.15) is 17.7 Å². The van der Waals surface area contributed by atoms with E-state index in [0.29, 0.717) is 15.6 Å². The molecule has 2 aromatic heterocycles. The summed E-state index contributed by atoms with van der Waals surface area (Å²) in [6, 6.07) is 3.67. The lowest BCUT2D eigenvalue weighted by Crippen LogP contribution is -2.13. The Balaban J connectivity index is 2.15. The van der Waals surface area contributed by atoms with E-state index in [-0.39, 0.29) is 22.3 Å². The lowest BCUT2D eigenvalue weighted by Gasteiger charge is -2.12. The number of alkyl halides is 3. The van der Waals surface area contributed by atoms with Gasteiger partial charge in [0.1, 0.15) is 0 Å². The van der Waals surface area contributed by atoms with Crippen molar-refractivity contribution < 1.29 is 22.3 Å². The van der Waals surface area contributed by atoms with Crippen molar-refractivity contribution >= 4 is 17.2 Å². The molecule has 0 fully saturated rings. The van der Waals surface area contributed by atoms with Crippen LogP contribution in [0.15, 0.2) is 18.2 Å². The third-order valence-electron chi connectivity index (χ3n) is 3.40. The number of nitrogens with zero attached hydrogens (tertiary/aromatic N) is 4. The highest BCUT2D eigenvalue weighted by Gasteiger charge is 2.38. The Bertz CT molecular complexity index is 939. The molecule has 126 valence electrons. The van der Waals surface area contributed by atoms with Crippen LogP contribution in [0, 0.1) is 19.7 Å². The second-order valence-electron chi connectivity index (χ2n) is 4.99. The van der Waals surface area contributed by atoms with E-state index >= 15 is 0 Å². The number of hydrogen-bond donors (Lipinski definition) is 0. The first kappa shape index (κ1) is 16.4. The zero-order valence-corrected chi connectivity index (χ0v) is 13.1. The fraction of sp³-hybridized carbons (Fsp3) is 0.214. The summed E-state index contributed by atoms with van der Waals surface area (Å²) in [7, 11) is 0. The van der Waals surface area contributed by atoms with Crippen LogP contribution in [0.3, 0.4) is 0 Å². The van der Waals surface area contributed by atoms with Gasteiger partial charge >= 0.3 is 6.18 Å². The molecule has 0 radical (unpaired) electrons. The van der Waals surface area contributed by atoms with E-state index in [1.165, 1.54) is 12.1 Å². The van der Waals surface area contributed by atoms with Crippen LogP contribution in [0.5, 0.6) is 11.6 Å². The quantitative estimate of drug-likeness (QED) is 0.638. The van der Waals surface area contributed by atoms with Crippen LogP contribution in [-0.2, 0) is 6.18 Å². The molecular weight excluding hydrogens is 352 g/mol. The third kappa shape index (κ3) is 2.75. The second-order valence-corrected chi connectivity index (χ2v) is 5.43. The van der Waals surface area contributed by atoms with Crippen molar-refractivity contribution in [3.8, 4) is 11.6 Å². The first-order chi connectivity index (χ1) is 11.2. The normalized spacial score (nSPS) is 12.0. The van der Waals surface area contributed by atoms with E-state index in [1.807, 2.05) is 0 Å². The fourth-order valence-electron chi connectivity index (χ4n) is 2.04. The molecule has 0 aliphatic carbocycles. The summed E-state index contributed by atoms with van der Waals surface area (Å²) in [5.74, 6) is -2.45. The lowest BCUT2D eigenvalue weighted by molar-refractivity contribution is -0.146. The third-order valence-corrected chi connectivity index (χ3v) is 3.64. The molecule has 0 amide bonds. The predicted molar refractivity (Wildman–Crippen MR) is 76.7 cm³/mol. The highest BCUT2D eigenvalue weighted by Crippen LogP contribution is 2.32. The van der Waals surface area contributed by atoms with Gasteiger partial charge in [-0.15, -0.1) is 15.3 Å². The van der Waals surface area contributed by atoms with E-state index in [0.717, 1.165) is 6.07 Å². The first-order valence-electron chi connectivity index (χ1n) is 6.61. The molecule has 0 saturated heterocycles. The maximum Gasteiger partial charge on any atom is 0.453 e. The van der Waals surface area contributed by atoms with Gasteiger partial charge in [0.05, 0.1) is 0 Å². The average Bonchev–Trinajstić information content (AvgIpc) is 2.91. The Kier molecular flexibility index (Phi) is 3.83. The highest BCUT2D eigenvalue weighted by molar-refractivity contribution is 6.30. The van der Waals surface area contributed by atoms with Gasteiger partial charge in [0, 0.05) is 16.1 Å². The zero-order chi connectivity index (χ0) is 17.6. The summed E-state index contributed by atoms with van der Waals surface area (Å²) in [5.41, 5.74) is 0.749. The fourth-order valence-corrected chi connectivity index (χ4v) is 2.20. The zero-order valence-electron chi connectivity index (χ0n) is 12.3. The van der Waals surface area contributed by atoms with Crippen LogP contribution in [0.1, 0.15) is 17.0 Å². The number of aromatic nitrogens is 4. The molecule has 10 heteroatoms. The Morgan fingerprint density at radius 2 is 1.83 bits per heavy atom. The molecular formula is C14H9ClF4N4O. The van der Waals surface area contributed by atoms with Gasteiger partial charge in [0.2, 0.25) is 5.88 Å². The number of fused-ring (bicyclic) bond motifs is 1. The minimum Gasteiger partial charge on any atom is -0.434 e. The van der Waals surface area contributed by atoms with Crippen molar-refractivity contribution in [2.75, 3.05) is 0 Å². The summed E-state index contributed by atoms with van der Waals surface area (Å²) in [6.45, 7) is 3.12. The van der Waals surface area contributed by atoms with Crippen molar-refractivity contribution in [3.05, 3.63) is 46.0 Å². The van der Waals surface area contributed by atoms with Crippen molar-refractivity contribution in [2.45, 2.75) is 20.0 Å². The Labute approximate surface area is 137 Å². The van der Waals surface area contributed by atoms with Crippen molar-refractivity contribution in [2.24, 2.45) is 0 Å². The molecule has 3 rings (SSSR count). The van der Waals surface area contributed by atoms with E-state index in [4.69, 9.17) is 16.3 Å². The Hall–Kier alpha value is -2.42. The van der Waals surface area contributed by atoms with E-state index in [1.54, 1.807) is 13.8 Å². The summed E-state index contributed by atoms with van der Waals surface area (Å²) in [5, 5.41) is 10.6.